The van der Waals surface area contributed by atoms with Gasteiger partial charge in [0.05, 0.1) is 12.6 Å². The Morgan fingerprint density at radius 2 is 1.81 bits per heavy atom. The van der Waals surface area contributed by atoms with Gasteiger partial charge in [0.2, 0.25) is 11.8 Å². The average molecular weight is 229 g/mol. The zero-order valence-electron chi connectivity index (χ0n) is 10.8. The van der Waals surface area contributed by atoms with Crippen LogP contribution in [0.2, 0.25) is 0 Å². The molecular formula is C11H23N3O2. The predicted molar refractivity (Wildman–Crippen MR) is 64.1 cm³/mol. The second kappa shape index (κ2) is 7.22. The molecule has 0 aliphatic carbocycles. The van der Waals surface area contributed by atoms with Gasteiger partial charge in [-0.3, -0.25) is 14.9 Å². The van der Waals surface area contributed by atoms with Gasteiger partial charge >= 0.3 is 0 Å². The molecule has 2 N–H and O–H groups in total. The number of hydrogen-bond donors (Lipinski definition) is 2. The molecule has 94 valence electrons. The lowest BCUT2D eigenvalue weighted by Crippen LogP contribution is -2.47. The average Bonchev–Trinajstić information content (AvgIpc) is 2.24. The molecule has 0 aromatic heterocycles. The highest BCUT2D eigenvalue weighted by atomic mass is 16.2. The van der Waals surface area contributed by atoms with Crippen LogP contribution in [0, 0.1) is 0 Å². The first-order valence-corrected chi connectivity index (χ1v) is 5.62. The van der Waals surface area contributed by atoms with Crippen LogP contribution in [0.5, 0.6) is 0 Å². The fourth-order valence-electron chi connectivity index (χ4n) is 0.961. The van der Waals surface area contributed by atoms with Crippen molar-refractivity contribution >= 4 is 11.8 Å². The van der Waals surface area contributed by atoms with Crippen molar-refractivity contribution in [3.05, 3.63) is 0 Å². The number of rotatable bonds is 6. The highest BCUT2D eigenvalue weighted by Crippen LogP contribution is 1.90. The van der Waals surface area contributed by atoms with Crippen LogP contribution in [0.25, 0.3) is 0 Å². The van der Waals surface area contributed by atoms with E-state index in [-0.39, 0.29) is 30.4 Å². The molecule has 2 atom stereocenters. The Balaban J connectivity index is 3.92. The quantitative estimate of drug-likeness (QED) is 0.672. The Morgan fingerprint density at radius 3 is 2.25 bits per heavy atom. The number of amides is 2. The summed E-state index contributed by atoms with van der Waals surface area (Å²) in [7, 11) is 3.38. The van der Waals surface area contributed by atoms with Crippen LogP contribution in [0.3, 0.4) is 0 Å². The van der Waals surface area contributed by atoms with Crippen LogP contribution in [-0.2, 0) is 9.59 Å². The fourth-order valence-corrected chi connectivity index (χ4v) is 0.961. The number of nitrogens with one attached hydrogen (secondary N) is 2. The van der Waals surface area contributed by atoms with E-state index in [0.29, 0.717) is 0 Å². The third kappa shape index (κ3) is 5.70. The molecule has 16 heavy (non-hydrogen) atoms. The molecule has 0 heterocycles. The van der Waals surface area contributed by atoms with E-state index in [4.69, 9.17) is 0 Å². The molecule has 0 aromatic carbocycles. The van der Waals surface area contributed by atoms with Gasteiger partial charge in [-0.05, 0) is 20.3 Å². The van der Waals surface area contributed by atoms with Crippen molar-refractivity contribution in [2.45, 2.75) is 39.3 Å². The summed E-state index contributed by atoms with van der Waals surface area (Å²) in [5.74, 6) is -0.107. The second-order valence-electron chi connectivity index (χ2n) is 4.21. The van der Waals surface area contributed by atoms with Crippen molar-refractivity contribution in [1.29, 1.82) is 0 Å². The predicted octanol–water partition coefficient (Wildman–Crippen LogP) is -0.0326. The minimum Gasteiger partial charge on any atom is -0.352 e. The van der Waals surface area contributed by atoms with Crippen LogP contribution >= 0.6 is 0 Å². The Hall–Kier alpha value is -1.10. The van der Waals surface area contributed by atoms with Crippen LogP contribution in [0.4, 0.5) is 0 Å². The number of carbonyl (C=O) groups is 2. The largest absolute Gasteiger partial charge is 0.352 e. The molecule has 0 bridgehead atoms. The SMILES string of the molecule is CCC(C)NC(=O)C(C)NCC(=O)N(C)C. The van der Waals surface area contributed by atoms with Crippen molar-refractivity contribution < 1.29 is 9.59 Å². The molecule has 2 amide bonds. The summed E-state index contributed by atoms with van der Waals surface area (Å²) in [6.07, 6.45) is 0.898. The Morgan fingerprint density at radius 1 is 1.25 bits per heavy atom. The van der Waals surface area contributed by atoms with Crippen molar-refractivity contribution in [1.82, 2.24) is 15.5 Å². The lowest BCUT2D eigenvalue weighted by atomic mass is 10.2. The molecule has 0 aliphatic rings. The number of likely N-dealkylation sites (N-methyl/N-ethyl adjacent to an activating group) is 1. The highest BCUT2D eigenvalue weighted by molar-refractivity contribution is 5.83. The Bertz CT molecular complexity index is 241. The first-order valence-electron chi connectivity index (χ1n) is 5.62. The smallest absolute Gasteiger partial charge is 0.237 e. The van der Waals surface area contributed by atoms with Crippen molar-refractivity contribution in [2.75, 3.05) is 20.6 Å². The first kappa shape index (κ1) is 14.9. The van der Waals surface area contributed by atoms with E-state index in [0.717, 1.165) is 6.42 Å². The van der Waals surface area contributed by atoms with E-state index in [1.807, 2.05) is 13.8 Å². The summed E-state index contributed by atoms with van der Waals surface area (Å²) in [5, 5.41) is 5.75. The number of hydrogen-bond acceptors (Lipinski definition) is 3. The summed E-state index contributed by atoms with van der Waals surface area (Å²) >= 11 is 0. The zero-order chi connectivity index (χ0) is 12.7. The summed E-state index contributed by atoms with van der Waals surface area (Å²) < 4.78 is 0. The summed E-state index contributed by atoms with van der Waals surface area (Å²) in [6.45, 7) is 5.90. The van der Waals surface area contributed by atoms with Gasteiger partial charge in [0.1, 0.15) is 0 Å². The molecule has 0 fully saturated rings. The Kier molecular flexibility index (Phi) is 6.72. The molecule has 0 saturated carbocycles. The standard InChI is InChI=1S/C11H23N3O2/c1-6-8(2)13-11(16)9(3)12-7-10(15)14(4)5/h8-9,12H,6-7H2,1-5H3,(H,13,16). The normalized spacial score (nSPS) is 14.1. The van der Waals surface area contributed by atoms with Gasteiger partial charge in [-0.25, -0.2) is 0 Å². The van der Waals surface area contributed by atoms with E-state index >= 15 is 0 Å². The zero-order valence-corrected chi connectivity index (χ0v) is 10.8. The molecule has 0 rings (SSSR count). The molecular weight excluding hydrogens is 206 g/mol. The van der Waals surface area contributed by atoms with Crippen molar-refractivity contribution in [3.8, 4) is 0 Å². The fraction of sp³-hybridized carbons (Fsp3) is 0.818. The summed E-state index contributed by atoms with van der Waals surface area (Å²) in [5.41, 5.74) is 0. The van der Waals surface area contributed by atoms with Gasteiger partial charge in [-0.15, -0.1) is 0 Å². The van der Waals surface area contributed by atoms with Gasteiger partial charge in [-0.2, -0.15) is 0 Å². The molecule has 0 radical (unpaired) electrons. The van der Waals surface area contributed by atoms with Crippen molar-refractivity contribution in [2.24, 2.45) is 0 Å². The minimum absolute atomic E-state index is 0.0387. The maximum absolute atomic E-state index is 11.6. The lowest BCUT2D eigenvalue weighted by molar-refractivity contribution is -0.128. The third-order valence-electron chi connectivity index (χ3n) is 2.45. The number of carbonyl (C=O) groups excluding carboxylic acids is 2. The maximum Gasteiger partial charge on any atom is 0.237 e. The third-order valence-corrected chi connectivity index (χ3v) is 2.45. The monoisotopic (exact) mass is 229 g/mol. The molecule has 5 heteroatoms. The van der Waals surface area contributed by atoms with Crippen LogP contribution in [0.1, 0.15) is 27.2 Å². The summed E-state index contributed by atoms with van der Waals surface area (Å²) in [6, 6.07) is -0.181. The molecule has 0 spiro atoms. The lowest BCUT2D eigenvalue weighted by Gasteiger charge is -2.18. The van der Waals surface area contributed by atoms with Crippen LogP contribution in [0.15, 0.2) is 0 Å². The van der Waals surface area contributed by atoms with Gasteiger partial charge in [0.25, 0.3) is 0 Å². The summed E-state index contributed by atoms with van der Waals surface area (Å²) in [4.78, 5) is 24.4. The van der Waals surface area contributed by atoms with E-state index in [9.17, 15) is 9.59 Å². The number of nitrogens with zero attached hydrogens (tertiary/aromatic N) is 1. The molecule has 0 saturated heterocycles. The highest BCUT2D eigenvalue weighted by Gasteiger charge is 2.15. The van der Waals surface area contributed by atoms with Gasteiger partial charge in [0, 0.05) is 20.1 Å². The topological polar surface area (TPSA) is 61.4 Å². The minimum atomic E-state index is -0.349. The Labute approximate surface area is 97.6 Å². The molecule has 0 aromatic rings. The maximum atomic E-state index is 11.6. The van der Waals surface area contributed by atoms with E-state index in [2.05, 4.69) is 10.6 Å². The van der Waals surface area contributed by atoms with E-state index < -0.39 is 0 Å². The van der Waals surface area contributed by atoms with Gasteiger partial charge < -0.3 is 10.2 Å². The van der Waals surface area contributed by atoms with Gasteiger partial charge in [-0.1, -0.05) is 6.92 Å². The molecule has 0 aliphatic heterocycles. The molecule has 5 nitrogen and oxygen atoms in total. The van der Waals surface area contributed by atoms with Crippen LogP contribution < -0.4 is 10.6 Å². The van der Waals surface area contributed by atoms with E-state index in [1.54, 1.807) is 21.0 Å². The van der Waals surface area contributed by atoms with E-state index in [1.165, 1.54) is 4.90 Å². The molecule has 2 unspecified atom stereocenters. The van der Waals surface area contributed by atoms with Crippen molar-refractivity contribution in [3.63, 3.8) is 0 Å². The second-order valence-corrected chi connectivity index (χ2v) is 4.21. The van der Waals surface area contributed by atoms with Gasteiger partial charge in [0.15, 0.2) is 0 Å². The first-order chi connectivity index (χ1) is 7.38. The van der Waals surface area contributed by atoms with Crippen LogP contribution in [-0.4, -0.2) is 49.4 Å².